The summed E-state index contributed by atoms with van der Waals surface area (Å²) < 4.78 is 0. The molecule has 1 aromatic heterocycles. The van der Waals surface area contributed by atoms with E-state index in [0.29, 0.717) is 0 Å². The van der Waals surface area contributed by atoms with E-state index < -0.39 is 0 Å². The van der Waals surface area contributed by atoms with Gasteiger partial charge in [0.05, 0.1) is 0 Å². The molecule has 0 radical (unpaired) electrons. The lowest BCUT2D eigenvalue weighted by Crippen LogP contribution is -2.11. The number of hydrogen-bond donors (Lipinski definition) is 0. The Hall–Kier alpha value is -3.11. The number of rotatable bonds is 0. The third-order valence-electron chi connectivity index (χ3n) is 5.03. The van der Waals surface area contributed by atoms with E-state index in [1.54, 1.807) is 0 Å². The summed E-state index contributed by atoms with van der Waals surface area (Å²) in [5.41, 5.74) is 4.58. The monoisotopic (exact) mass is 319 g/mol. The number of nitrogens with zero attached hydrogens (tertiary/aromatic N) is 1. The van der Waals surface area contributed by atoms with Gasteiger partial charge in [-0.3, -0.25) is 4.98 Å². The molecule has 0 unspecified atom stereocenters. The number of benzene rings is 3. The molecule has 1 heterocycles. The first-order chi connectivity index (χ1) is 12.3. The van der Waals surface area contributed by atoms with Crippen molar-refractivity contribution in [2.24, 2.45) is 0 Å². The van der Waals surface area contributed by atoms with Gasteiger partial charge in [0.15, 0.2) is 0 Å². The Morgan fingerprint density at radius 1 is 0.960 bits per heavy atom. The first kappa shape index (κ1) is 14.3. The van der Waals surface area contributed by atoms with E-state index in [0.717, 1.165) is 29.7 Å². The Morgan fingerprint density at radius 2 is 1.92 bits per heavy atom. The lowest BCUT2D eigenvalue weighted by Gasteiger charge is -2.15. The molecular formula is C24H17N. The highest BCUT2D eigenvalue weighted by molar-refractivity contribution is 6.13. The summed E-state index contributed by atoms with van der Waals surface area (Å²) in [4.78, 5) is 4.25. The fourth-order valence-corrected chi connectivity index (χ4v) is 3.90. The molecule has 0 saturated heterocycles. The van der Waals surface area contributed by atoms with E-state index in [9.17, 15) is 0 Å². The highest BCUT2D eigenvalue weighted by Crippen LogP contribution is 2.31. The molecule has 0 N–H and O–H groups in total. The fraction of sp³-hybridized carbons (Fsp3) is 0.125. The van der Waals surface area contributed by atoms with Crippen LogP contribution in [-0.4, -0.2) is 4.98 Å². The highest BCUT2D eigenvalue weighted by Gasteiger charge is 2.13. The molecular weight excluding hydrogens is 302 g/mol. The largest absolute Gasteiger partial charge is 0.262 e. The zero-order valence-electron chi connectivity index (χ0n) is 14.1. The van der Waals surface area contributed by atoms with Gasteiger partial charge in [-0.2, -0.15) is 0 Å². The molecule has 1 aliphatic rings. The van der Waals surface area contributed by atoms with Crippen LogP contribution in [0.3, 0.4) is 0 Å². The topological polar surface area (TPSA) is 12.9 Å². The standard InChI is InChI=1S/C24H17N/c1-16-14-17(12-13-25-16)8-9-20-15-21-6-2-4-18-10-11-19-5-3-7-22(20)24(19)23(18)21/h3,5-7,10-15H,2,4H2,1H3. The summed E-state index contributed by atoms with van der Waals surface area (Å²) >= 11 is 0. The Balaban J connectivity index is 1.83. The second-order valence-corrected chi connectivity index (χ2v) is 6.70. The molecule has 0 saturated carbocycles. The van der Waals surface area contributed by atoms with Crippen LogP contribution in [0.4, 0.5) is 0 Å². The number of pyridine rings is 1. The van der Waals surface area contributed by atoms with Crippen LogP contribution in [-0.2, 0) is 6.42 Å². The second kappa shape index (κ2) is 5.46. The van der Waals surface area contributed by atoms with Crippen LogP contribution in [0.1, 0.15) is 28.8 Å². The summed E-state index contributed by atoms with van der Waals surface area (Å²) in [6.45, 7) is 2.00. The number of aryl methyl sites for hydroxylation is 2. The Kier molecular flexibility index (Phi) is 3.11. The van der Waals surface area contributed by atoms with Gasteiger partial charge < -0.3 is 0 Å². The molecule has 1 aliphatic carbocycles. The van der Waals surface area contributed by atoms with Crippen LogP contribution in [0.2, 0.25) is 0 Å². The number of aromatic nitrogens is 1. The van der Waals surface area contributed by atoms with Gasteiger partial charge >= 0.3 is 0 Å². The summed E-state index contributed by atoms with van der Waals surface area (Å²) in [5.74, 6) is 6.74. The van der Waals surface area contributed by atoms with Crippen molar-refractivity contribution in [2.75, 3.05) is 0 Å². The van der Waals surface area contributed by atoms with Crippen LogP contribution in [0.15, 0.2) is 54.7 Å². The van der Waals surface area contributed by atoms with Gasteiger partial charge in [-0.1, -0.05) is 48.2 Å². The minimum atomic E-state index is 0.997. The molecule has 0 spiro atoms. The summed E-state index contributed by atoms with van der Waals surface area (Å²) in [6, 6.07) is 17.3. The maximum Gasteiger partial charge on any atom is 0.0385 e. The van der Waals surface area contributed by atoms with Gasteiger partial charge in [-0.25, -0.2) is 0 Å². The third kappa shape index (κ3) is 2.30. The van der Waals surface area contributed by atoms with Crippen LogP contribution in [0.5, 0.6) is 0 Å². The zero-order chi connectivity index (χ0) is 16.8. The smallest absolute Gasteiger partial charge is 0.0385 e. The average Bonchev–Trinajstić information content (AvgIpc) is 2.65. The average molecular weight is 319 g/mol. The highest BCUT2D eigenvalue weighted by atomic mass is 14.6. The second-order valence-electron chi connectivity index (χ2n) is 6.70. The van der Waals surface area contributed by atoms with Gasteiger partial charge in [-0.15, -0.1) is 0 Å². The minimum Gasteiger partial charge on any atom is -0.262 e. The van der Waals surface area contributed by atoms with E-state index in [4.69, 9.17) is 0 Å². The lowest BCUT2D eigenvalue weighted by atomic mass is 9.88. The maximum absolute atomic E-state index is 4.25. The van der Waals surface area contributed by atoms with Crippen molar-refractivity contribution < 1.29 is 0 Å². The molecule has 5 rings (SSSR count). The fourth-order valence-electron chi connectivity index (χ4n) is 3.90. The van der Waals surface area contributed by atoms with Crippen molar-refractivity contribution in [3.05, 3.63) is 82.3 Å². The molecule has 4 aromatic rings. The van der Waals surface area contributed by atoms with Crippen molar-refractivity contribution in [1.82, 2.24) is 4.98 Å². The normalized spacial score (nSPS) is 12.7. The van der Waals surface area contributed by atoms with Crippen LogP contribution < -0.4 is 5.22 Å². The van der Waals surface area contributed by atoms with Crippen molar-refractivity contribution in [1.29, 1.82) is 0 Å². The van der Waals surface area contributed by atoms with Gasteiger partial charge in [-0.05, 0) is 70.3 Å². The third-order valence-corrected chi connectivity index (χ3v) is 5.03. The Morgan fingerprint density at radius 3 is 2.84 bits per heavy atom. The van der Waals surface area contributed by atoms with Crippen molar-refractivity contribution in [2.45, 2.75) is 19.8 Å². The van der Waals surface area contributed by atoms with Gasteiger partial charge in [0.1, 0.15) is 0 Å². The minimum absolute atomic E-state index is 0.997. The van der Waals surface area contributed by atoms with E-state index in [1.165, 1.54) is 32.3 Å². The SMILES string of the molecule is Cc1cc(C#Cc2cc3c4c(ccc5cccc2c54)CCC=3)ccn1. The van der Waals surface area contributed by atoms with E-state index in [2.05, 4.69) is 59.3 Å². The van der Waals surface area contributed by atoms with Crippen LogP contribution >= 0.6 is 0 Å². The maximum atomic E-state index is 4.25. The summed E-state index contributed by atoms with van der Waals surface area (Å²) in [7, 11) is 0. The quantitative estimate of drug-likeness (QED) is 0.434. The van der Waals surface area contributed by atoms with Crippen molar-refractivity contribution in [3.63, 3.8) is 0 Å². The molecule has 0 bridgehead atoms. The first-order valence-corrected chi connectivity index (χ1v) is 8.71. The molecule has 0 fully saturated rings. The molecule has 25 heavy (non-hydrogen) atoms. The Labute approximate surface area is 147 Å². The van der Waals surface area contributed by atoms with E-state index >= 15 is 0 Å². The molecule has 0 amide bonds. The molecule has 118 valence electrons. The van der Waals surface area contributed by atoms with Gasteiger partial charge in [0.25, 0.3) is 0 Å². The van der Waals surface area contributed by atoms with Crippen molar-refractivity contribution in [3.8, 4) is 11.8 Å². The summed E-state index contributed by atoms with van der Waals surface area (Å²) in [5, 5.41) is 6.68. The zero-order valence-corrected chi connectivity index (χ0v) is 14.1. The van der Waals surface area contributed by atoms with Gasteiger partial charge in [0, 0.05) is 23.0 Å². The molecule has 0 atom stereocenters. The van der Waals surface area contributed by atoms with Crippen molar-refractivity contribution >= 4 is 27.6 Å². The molecule has 3 aromatic carbocycles. The molecule has 1 nitrogen and oxygen atoms in total. The van der Waals surface area contributed by atoms with Crippen LogP contribution in [0.25, 0.3) is 27.6 Å². The predicted octanol–water partition coefficient (Wildman–Crippen LogP) is 4.54. The van der Waals surface area contributed by atoms with E-state index in [1.807, 2.05) is 25.3 Å². The van der Waals surface area contributed by atoms with Crippen LogP contribution in [0, 0.1) is 18.8 Å². The molecule has 0 aliphatic heterocycles. The van der Waals surface area contributed by atoms with E-state index in [-0.39, 0.29) is 0 Å². The summed E-state index contributed by atoms with van der Waals surface area (Å²) in [6.07, 6.45) is 6.42. The Bertz CT molecular complexity index is 1250. The predicted molar refractivity (Wildman–Crippen MR) is 104 cm³/mol. The van der Waals surface area contributed by atoms with Gasteiger partial charge in [0.2, 0.25) is 0 Å². The molecule has 1 heteroatoms. The number of hydrogen-bond acceptors (Lipinski definition) is 1. The lowest BCUT2D eigenvalue weighted by molar-refractivity contribution is 1.04. The first-order valence-electron chi connectivity index (χ1n) is 8.71.